The van der Waals surface area contributed by atoms with E-state index in [9.17, 15) is 13.2 Å². The minimum atomic E-state index is -3.80. The summed E-state index contributed by atoms with van der Waals surface area (Å²) in [6.07, 6.45) is 1.54. The second kappa shape index (κ2) is 10.1. The molecule has 0 spiro atoms. The summed E-state index contributed by atoms with van der Waals surface area (Å²) in [4.78, 5) is 21.5. The van der Waals surface area contributed by atoms with Gasteiger partial charge in [0, 0.05) is 11.6 Å². The van der Waals surface area contributed by atoms with Crippen molar-refractivity contribution in [1.82, 2.24) is 9.88 Å². The highest BCUT2D eigenvalue weighted by Gasteiger charge is 2.26. The molecule has 6 nitrogen and oxygen atoms in total. The van der Waals surface area contributed by atoms with E-state index in [0.717, 1.165) is 28.7 Å². The lowest BCUT2D eigenvalue weighted by Gasteiger charge is -2.21. The Balaban J connectivity index is 1.91. The predicted molar refractivity (Wildman–Crippen MR) is 128 cm³/mol. The van der Waals surface area contributed by atoms with Gasteiger partial charge in [-0.2, -0.15) is 0 Å². The molecular weight excluding hydrogens is 454 g/mol. The van der Waals surface area contributed by atoms with Gasteiger partial charge < -0.3 is 4.90 Å². The summed E-state index contributed by atoms with van der Waals surface area (Å²) in [6, 6.07) is 11.8. The molecule has 0 fully saturated rings. The summed E-state index contributed by atoms with van der Waals surface area (Å²) in [5.41, 5.74) is 1.98. The molecule has 0 N–H and O–H groups in total. The highest BCUT2D eigenvalue weighted by atomic mass is 35.5. The van der Waals surface area contributed by atoms with E-state index in [4.69, 9.17) is 16.6 Å². The first-order chi connectivity index (χ1) is 14.7. The average Bonchev–Trinajstić information content (AvgIpc) is 3.14. The first-order valence-electron chi connectivity index (χ1n) is 10.0. The van der Waals surface area contributed by atoms with Crippen LogP contribution in [0.2, 0.25) is 5.02 Å². The van der Waals surface area contributed by atoms with Gasteiger partial charge in [-0.3, -0.25) is 9.69 Å². The fourth-order valence-electron chi connectivity index (χ4n) is 3.23. The third-order valence-corrected chi connectivity index (χ3v) is 7.79. The van der Waals surface area contributed by atoms with Crippen molar-refractivity contribution in [3.05, 3.63) is 53.1 Å². The van der Waals surface area contributed by atoms with E-state index in [1.54, 1.807) is 0 Å². The third kappa shape index (κ3) is 5.83. The molecule has 0 saturated heterocycles. The molecule has 3 aromatic rings. The molecule has 2 aromatic carbocycles. The monoisotopic (exact) mass is 479 g/mol. The minimum Gasteiger partial charge on any atom is -0.309 e. The number of aromatic nitrogens is 1. The van der Waals surface area contributed by atoms with Crippen molar-refractivity contribution in [2.24, 2.45) is 0 Å². The standard InChI is InChI=1S/C22H26ClN3O3S2/c1-4-16-7-5-8-19-21(16)24-22(30-19)26(14-6-13-25(2)3)20(27)15-31(28,29)18-11-9-17(23)10-12-18/h5,7-12H,4,6,13-15H2,1-3H3. The second-order valence-electron chi connectivity index (χ2n) is 7.53. The third-order valence-electron chi connectivity index (χ3n) is 4.88. The number of sulfone groups is 1. The number of amides is 1. The fraction of sp³-hybridized carbons (Fsp3) is 0.364. The van der Waals surface area contributed by atoms with Crippen LogP contribution in [0.15, 0.2) is 47.4 Å². The maximum atomic E-state index is 13.2. The predicted octanol–water partition coefficient (Wildman–Crippen LogP) is 4.27. The van der Waals surface area contributed by atoms with Crippen LogP contribution < -0.4 is 4.90 Å². The summed E-state index contributed by atoms with van der Waals surface area (Å²) in [5.74, 6) is -1.10. The Morgan fingerprint density at radius 1 is 1.10 bits per heavy atom. The van der Waals surface area contributed by atoms with Gasteiger partial charge in [0.05, 0.1) is 15.1 Å². The second-order valence-corrected chi connectivity index (χ2v) is 11.0. The lowest BCUT2D eigenvalue weighted by Crippen LogP contribution is -2.37. The van der Waals surface area contributed by atoms with Gasteiger partial charge >= 0.3 is 0 Å². The summed E-state index contributed by atoms with van der Waals surface area (Å²) >= 11 is 7.28. The Hall–Kier alpha value is -2.00. The Labute approximate surface area is 192 Å². The zero-order valence-corrected chi connectivity index (χ0v) is 20.2. The number of hydrogen-bond donors (Lipinski definition) is 0. The summed E-state index contributed by atoms with van der Waals surface area (Å²) in [7, 11) is 0.124. The van der Waals surface area contributed by atoms with Crippen LogP contribution in [-0.4, -0.2) is 57.1 Å². The lowest BCUT2D eigenvalue weighted by molar-refractivity contribution is -0.116. The number of anilines is 1. The average molecular weight is 480 g/mol. The van der Waals surface area contributed by atoms with Gasteiger partial charge in [0.1, 0.15) is 5.75 Å². The molecule has 9 heteroatoms. The molecule has 0 atom stereocenters. The number of carbonyl (C=O) groups excluding carboxylic acids is 1. The SMILES string of the molecule is CCc1cccc2sc(N(CCCN(C)C)C(=O)CS(=O)(=O)c3ccc(Cl)cc3)nc12. The van der Waals surface area contributed by atoms with E-state index >= 15 is 0 Å². The number of halogens is 1. The number of benzene rings is 2. The molecule has 0 unspecified atom stereocenters. The Morgan fingerprint density at radius 3 is 2.45 bits per heavy atom. The molecule has 0 aliphatic rings. The molecule has 31 heavy (non-hydrogen) atoms. The van der Waals surface area contributed by atoms with Gasteiger partial charge in [-0.05, 0) is 69.4 Å². The first-order valence-corrected chi connectivity index (χ1v) is 12.9. The van der Waals surface area contributed by atoms with Crippen molar-refractivity contribution in [3.8, 4) is 0 Å². The topological polar surface area (TPSA) is 70.6 Å². The summed E-state index contributed by atoms with van der Waals surface area (Å²) in [5, 5.41) is 0.975. The highest BCUT2D eigenvalue weighted by Crippen LogP contribution is 2.31. The fourth-order valence-corrected chi connectivity index (χ4v) is 5.61. The number of thiazole rings is 1. The van der Waals surface area contributed by atoms with Crippen LogP contribution in [0.3, 0.4) is 0 Å². The molecule has 3 rings (SSSR count). The van der Waals surface area contributed by atoms with Crippen molar-refractivity contribution in [2.75, 3.05) is 37.8 Å². The van der Waals surface area contributed by atoms with Crippen LogP contribution in [0.4, 0.5) is 5.13 Å². The molecule has 1 aromatic heterocycles. The number of para-hydroxylation sites is 1. The molecule has 0 saturated carbocycles. The van der Waals surface area contributed by atoms with Crippen LogP contribution in [0.25, 0.3) is 10.2 Å². The van der Waals surface area contributed by atoms with Crippen LogP contribution in [-0.2, 0) is 21.1 Å². The van der Waals surface area contributed by atoms with Gasteiger partial charge in [-0.1, -0.05) is 42.0 Å². The van der Waals surface area contributed by atoms with Gasteiger partial charge in [-0.15, -0.1) is 0 Å². The number of rotatable bonds is 9. The van der Waals surface area contributed by atoms with Gasteiger partial charge in [0.2, 0.25) is 5.91 Å². The zero-order valence-electron chi connectivity index (χ0n) is 17.8. The highest BCUT2D eigenvalue weighted by molar-refractivity contribution is 7.92. The Bertz CT molecular complexity index is 1160. The van der Waals surface area contributed by atoms with Crippen LogP contribution in [0, 0.1) is 0 Å². The van der Waals surface area contributed by atoms with E-state index in [0.29, 0.717) is 23.1 Å². The van der Waals surface area contributed by atoms with Crippen molar-refractivity contribution in [1.29, 1.82) is 0 Å². The number of nitrogens with zero attached hydrogens (tertiary/aromatic N) is 3. The van der Waals surface area contributed by atoms with Crippen LogP contribution in [0.5, 0.6) is 0 Å². The van der Waals surface area contributed by atoms with Gasteiger partial charge in [0.15, 0.2) is 15.0 Å². The summed E-state index contributed by atoms with van der Waals surface area (Å²) < 4.78 is 26.6. The van der Waals surface area contributed by atoms with Crippen molar-refractivity contribution in [2.45, 2.75) is 24.7 Å². The van der Waals surface area contributed by atoms with Gasteiger partial charge in [-0.25, -0.2) is 13.4 Å². The van der Waals surface area contributed by atoms with Crippen LogP contribution >= 0.6 is 22.9 Å². The molecule has 166 valence electrons. The van der Waals surface area contributed by atoms with E-state index < -0.39 is 21.5 Å². The Kier molecular flexibility index (Phi) is 7.69. The maximum absolute atomic E-state index is 13.2. The lowest BCUT2D eigenvalue weighted by atomic mass is 10.1. The Morgan fingerprint density at radius 2 is 1.81 bits per heavy atom. The van der Waals surface area contributed by atoms with Crippen molar-refractivity contribution < 1.29 is 13.2 Å². The first kappa shape index (κ1) is 23.7. The van der Waals surface area contributed by atoms with E-state index in [2.05, 4.69) is 6.92 Å². The van der Waals surface area contributed by atoms with E-state index in [1.807, 2.05) is 37.2 Å². The zero-order chi connectivity index (χ0) is 22.6. The molecule has 1 amide bonds. The van der Waals surface area contributed by atoms with Crippen LogP contribution in [0.1, 0.15) is 18.9 Å². The number of carbonyl (C=O) groups is 1. The van der Waals surface area contributed by atoms with E-state index in [1.165, 1.54) is 40.5 Å². The normalized spacial score (nSPS) is 11.9. The minimum absolute atomic E-state index is 0.0797. The van der Waals surface area contributed by atoms with E-state index in [-0.39, 0.29) is 4.90 Å². The molecule has 0 radical (unpaired) electrons. The largest absolute Gasteiger partial charge is 0.309 e. The molecule has 0 bridgehead atoms. The van der Waals surface area contributed by atoms with Crippen molar-refractivity contribution in [3.63, 3.8) is 0 Å². The number of fused-ring (bicyclic) bond motifs is 1. The van der Waals surface area contributed by atoms with Gasteiger partial charge in [0.25, 0.3) is 0 Å². The van der Waals surface area contributed by atoms with Crippen molar-refractivity contribution >= 4 is 54.0 Å². The quantitative estimate of drug-likeness (QED) is 0.458. The smallest absolute Gasteiger partial charge is 0.244 e. The molecule has 0 aliphatic carbocycles. The number of aryl methyl sites for hydroxylation is 1. The molecular formula is C22H26ClN3O3S2. The molecule has 0 aliphatic heterocycles. The number of hydrogen-bond acceptors (Lipinski definition) is 6. The maximum Gasteiger partial charge on any atom is 0.244 e. The summed E-state index contributed by atoms with van der Waals surface area (Å²) in [6.45, 7) is 3.24. The molecule has 1 heterocycles.